The van der Waals surface area contributed by atoms with Gasteiger partial charge in [0.25, 0.3) is 0 Å². The number of carbonyl (C=O) groups excluding carboxylic acids is 1. The van der Waals surface area contributed by atoms with Gasteiger partial charge in [0.1, 0.15) is 0 Å². The predicted octanol–water partition coefficient (Wildman–Crippen LogP) is 2.78. The van der Waals surface area contributed by atoms with Crippen molar-refractivity contribution < 1.29 is 9.90 Å². The zero-order valence-corrected chi connectivity index (χ0v) is 15.1. The zero-order chi connectivity index (χ0) is 16.8. The monoisotopic (exact) mass is 337 g/mol. The number of amides is 2. The highest BCUT2D eigenvalue weighted by Crippen LogP contribution is 2.29. The molecule has 0 spiro atoms. The molecule has 0 aromatic carbocycles. The highest BCUT2D eigenvalue weighted by atomic mass is 16.3. The van der Waals surface area contributed by atoms with Gasteiger partial charge in [-0.15, -0.1) is 0 Å². The maximum absolute atomic E-state index is 12.2. The molecule has 0 bridgehead atoms. The Kier molecular flexibility index (Phi) is 6.39. The smallest absolute Gasteiger partial charge is 0.315 e. The van der Waals surface area contributed by atoms with Crippen molar-refractivity contribution in [3.63, 3.8) is 0 Å². The van der Waals surface area contributed by atoms with Crippen LogP contribution in [0.15, 0.2) is 0 Å². The lowest BCUT2D eigenvalue weighted by molar-refractivity contribution is -0.0311. The van der Waals surface area contributed by atoms with Crippen LogP contribution in [0.4, 0.5) is 4.79 Å². The molecule has 24 heavy (non-hydrogen) atoms. The Morgan fingerprint density at radius 3 is 2.04 bits per heavy atom. The molecule has 3 fully saturated rings. The van der Waals surface area contributed by atoms with Gasteiger partial charge in [0, 0.05) is 31.7 Å². The maximum Gasteiger partial charge on any atom is 0.315 e. The molecule has 138 valence electrons. The summed E-state index contributed by atoms with van der Waals surface area (Å²) < 4.78 is 0. The normalized spacial score (nSPS) is 26.9. The van der Waals surface area contributed by atoms with Gasteiger partial charge in [-0.1, -0.05) is 38.5 Å². The largest absolute Gasteiger partial charge is 0.389 e. The number of aliphatic hydroxyl groups is 1. The third-order valence-corrected chi connectivity index (χ3v) is 6.17. The van der Waals surface area contributed by atoms with E-state index in [1.54, 1.807) is 0 Å². The Hall–Kier alpha value is -0.810. The highest BCUT2D eigenvalue weighted by Gasteiger charge is 2.33. The Bertz CT molecular complexity index is 395. The van der Waals surface area contributed by atoms with Crippen molar-refractivity contribution in [1.82, 2.24) is 15.5 Å². The minimum absolute atomic E-state index is 0.0197. The summed E-state index contributed by atoms with van der Waals surface area (Å²) in [5, 5.41) is 17.0. The highest BCUT2D eigenvalue weighted by molar-refractivity contribution is 5.74. The predicted molar refractivity (Wildman–Crippen MR) is 96.0 cm³/mol. The fourth-order valence-electron chi connectivity index (χ4n) is 4.68. The van der Waals surface area contributed by atoms with Crippen molar-refractivity contribution in [3.8, 4) is 0 Å². The van der Waals surface area contributed by atoms with Gasteiger partial charge < -0.3 is 20.6 Å². The fraction of sp³-hybridized carbons (Fsp3) is 0.947. The summed E-state index contributed by atoms with van der Waals surface area (Å²) in [5.74, 6) is 0. The number of hydrogen-bond donors (Lipinski definition) is 3. The van der Waals surface area contributed by atoms with Crippen LogP contribution in [0.2, 0.25) is 0 Å². The number of carbonyl (C=O) groups is 1. The third kappa shape index (κ3) is 5.35. The molecule has 2 aliphatic carbocycles. The molecule has 2 saturated carbocycles. The first-order valence-corrected chi connectivity index (χ1v) is 10.1. The molecule has 5 heteroatoms. The Labute approximate surface area is 146 Å². The number of rotatable bonds is 4. The molecular formula is C19H35N3O2. The average molecular weight is 338 g/mol. The summed E-state index contributed by atoms with van der Waals surface area (Å²) in [6, 6.07) is 0.677. The molecule has 3 aliphatic rings. The van der Waals surface area contributed by atoms with E-state index in [-0.39, 0.29) is 12.1 Å². The summed E-state index contributed by atoms with van der Waals surface area (Å²) in [4.78, 5) is 14.5. The van der Waals surface area contributed by atoms with Crippen molar-refractivity contribution in [2.75, 3.05) is 19.6 Å². The van der Waals surface area contributed by atoms with Crippen LogP contribution < -0.4 is 10.6 Å². The van der Waals surface area contributed by atoms with Gasteiger partial charge in [-0.3, -0.25) is 0 Å². The van der Waals surface area contributed by atoms with Crippen molar-refractivity contribution in [1.29, 1.82) is 0 Å². The zero-order valence-electron chi connectivity index (χ0n) is 15.1. The van der Waals surface area contributed by atoms with Crippen LogP contribution in [0.25, 0.3) is 0 Å². The molecule has 2 amide bonds. The van der Waals surface area contributed by atoms with Crippen LogP contribution in [0.5, 0.6) is 0 Å². The van der Waals surface area contributed by atoms with Crippen LogP contribution in [0, 0.1) is 0 Å². The molecule has 0 aromatic rings. The van der Waals surface area contributed by atoms with Crippen LogP contribution in [-0.2, 0) is 0 Å². The number of piperidine rings is 1. The fourth-order valence-corrected chi connectivity index (χ4v) is 4.68. The van der Waals surface area contributed by atoms with Crippen LogP contribution in [-0.4, -0.2) is 53.4 Å². The van der Waals surface area contributed by atoms with Gasteiger partial charge in [-0.25, -0.2) is 4.79 Å². The SMILES string of the molecule is O=C(NC1CCCCC1)NC1CCN(CC2(O)CCCCC2)CC1. The number of likely N-dealkylation sites (tertiary alicyclic amines) is 1. The summed E-state index contributed by atoms with van der Waals surface area (Å²) in [7, 11) is 0. The first kappa shape index (κ1) is 18.0. The molecule has 0 aromatic heterocycles. The Morgan fingerprint density at radius 2 is 1.42 bits per heavy atom. The van der Waals surface area contributed by atoms with E-state index < -0.39 is 5.60 Å². The van der Waals surface area contributed by atoms with Crippen molar-refractivity contribution >= 4 is 6.03 Å². The van der Waals surface area contributed by atoms with E-state index in [1.807, 2.05) is 0 Å². The van der Waals surface area contributed by atoms with E-state index in [2.05, 4.69) is 15.5 Å². The molecule has 1 heterocycles. The average Bonchev–Trinajstić information content (AvgIpc) is 2.58. The standard InChI is InChI=1S/C19H35N3O2/c23-18(20-16-7-3-1-4-8-16)21-17-9-13-22(14-10-17)15-19(24)11-5-2-6-12-19/h16-17,24H,1-15H2,(H2,20,21,23). The lowest BCUT2D eigenvalue weighted by Crippen LogP contribution is -2.52. The van der Waals surface area contributed by atoms with E-state index in [0.29, 0.717) is 6.04 Å². The first-order chi connectivity index (χ1) is 11.6. The van der Waals surface area contributed by atoms with Crippen molar-refractivity contribution in [3.05, 3.63) is 0 Å². The molecule has 0 unspecified atom stereocenters. The van der Waals surface area contributed by atoms with E-state index in [1.165, 1.54) is 25.7 Å². The van der Waals surface area contributed by atoms with Gasteiger partial charge in [-0.2, -0.15) is 0 Å². The number of nitrogens with zero attached hydrogens (tertiary/aromatic N) is 1. The van der Waals surface area contributed by atoms with Crippen LogP contribution in [0.3, 0.4) is 0 Å². The molecule has 5 nitrogen and oxygen atoms in total. The minimum Gasteiger partial charge on any atom is -0.389 e. The van der Waals surface area contributed by atoms with E-state index in [9.17, 15) is 9.90 Å². The summed E-state index contributed by atoms with van der Waals surface area (Å²) in [5.41, 5.74) is -0.461. The number of urea groups is 1. The summed E-state index contributed by atoms with van der Waals surface area (Å²) in [6.45, 7) is 2.78. The second-order valence-corrected chi connectivity index (χ2v) is 8.29. The van der Waals surface area contributed by atoms with Crippen LogP contribution in [0.1, 0.15) is 77.0 Å². The Morgan fingerprint density at radius 1 is 0.875 bits per heavy atom. The van der Waals surface area contributed by atoms with Gasteiger partial charge in [-0.05, 0) is 38.5 Å². The topological polar surface area (TPSA) is 64.6 Å². The molecule has 1 saturated heterocycles. The number of nitrogens with one attached hydrogen (secondary N) is 2. The van der Waals surface area contributed by atoms with Gasteiger partial charge >= 0.3 is 6.03 Å². The number of hydrogen-bond acceptors (Lipinski definition) is 3. The summed E-state index contributed by atoms with van der Waals surface area (Å²) >= 11 is 0. The summed E-state index contributed by atoms with van der Waals surface area (Å²) in [6.07, 6.45) is 13.5. The second kappa shape index (κ2) is 8.52. The van der Waals surface area contributed by atoms with Crippen molar-refractivity contribution in [2.24, 2.45) is 0 Å². The van der Waals surface area contributed by atoms with Gasteiger partial charge in [0.2, 0.25) is 0 Å². The minimum atomic E-state index is -0.461. The molecule has 3 rings (SSSR count). The lowest BCUT2D eigenvalue weighted by Gasteiger charge is -2.40. The molecule has 1 aliphatic heterocycles. The quantitative estimate of drug-likeness (QED) is 0.739. The van der Waals surface area contributed by atoms with E-state index in [4.69, 9.17) is 0 Å². The van der Waals surface area contributed by atoms with Gasteiger partial charge in [0.05, 0.1) is 5.60 Å². The molecular weight excluding hydrogens is 302 g/mol. The van der Waals surface area contributed by atoms with Crippen molar-refractivity contribution in [2.45, 2.75) is 94.7 Å². The maximum atomic E-state index is 12.2. The molecule has 0 atom stereocenters. The number of β-amino-alcohol motifs (C(OH)–C–C–N with tert-alkyl or cyclic N) is 1. The van der Waals surface area contributed by atoms with E-state index in [0.717, 1.165) is 71.0 Å². The second-order valence-electron chi connectivity index (χ2n) is 8.29. The first-order valence-electron chi connectivity index (χ1n) is 10.1. The lowest BCUT2D eigenvalue weighted by atomic mass is 9.84. The Balaban J connectivity index is 1.34. The molecule has 0 radical (unpaired) electrons. The van der Waals surface area contributed by atoms with Crippen LogP contribution >= 0.6 is 0 Å². The molecule has 3 N–H and O–H groups in total. The van der Waals surface area contributed by atoms with E-state index >= 15 is 0 Å². The third-order valence-electron chi connectivity index (χ3n) is 6.17. The van der Waals surface area contributed by atoms with Gasteiger partial charge in [0.15, 0.2) is 0 Å².